The summed E-state index contributed by atoms with van der Waals surface area (Å²) in [5.41, 5.74) is 0.668. The summed E-state index contributed by atoms with van der Waals surface area (Å²) in [5.74, 6) is 0.564. The molecule has 1 aliphatic heterocycles. The molecule has 1 heterocycles. The van der Waals surface area contributed by atoms with Crippen molar-refractivity contribution in [3.63, 3.8) is 0 Å². The van der Waals surface area contributed by atoms with E-state index in [0.29, 0.717) is 31.1 Å². The van der Waals surface area contributed by atoms with Gasteiger partial charge >= 0.3 is 0 Å². The van der Waals surface area contributed by atoms with Gasteiger partial charge in [0.1, 0.15) is 5.75 Å². The molecule has 1 aliphatic rings. The number of likely N-dealkylation sites (tertiary alicyclic amines) is 1. The molecule has 2 rings (SSSR count). The van der Waals surface area contributed by atoms with Crippen molar-refractivity contribution in [3.05, 3.63) is 24.3 Å². The summed E-state index contributed by atoms with van der Waals surface area (Å²) < 4.78 is 30.2. The molecule has 140 valence electrons. The van der Waals surface area contributed by atoms with Crippen LogP contribution in [0.4, 0.5) is 5.69 Å². The van der Waals surface area contributed by atoms with Gasteiger partial charge in [-0.3, -0.25) is 9.69 Å². The van der Waals surface area contributed by atoms with Crippen LogP contribution in [0.25, 0.3) is 0 Å². The number of carbonyl (C=O) groups excluding carboxylic acids is 1. The number of anilines is 1. The number of nitrogens with zero attached hydrogens (tertiary/aromatic N) is 2. The lowest BCUT2D eigenvalue weighted by molar-refractivity contribution is -0.117. The molecule has 0 bridgehead atoms. The fourth-order valence-corrected chi connectivity index (χ4v) is 3.71. The SMILES string of the molecule is CCOc1ccccc1NC(=O)CN1CCC(N(C)S(C)(=O)=O)CC1. The van der Waals surface area contributed by atoms with Crippen molar-refractivity contribution in [3.8, 4) is 5.75 Å². The van der Waals surface area contributed by atoms with Crippen LogP contribution in [-0.2, 0) is 14.8 Å². The molecule has 0 aliphatic carbocycles. The van der Waals surface area contributed by atoms with Crippen molar-refractivity contribution in [1.29, 1.82) is 0 Å². The Labute approximate surface area is 150 Å². The summed E-state index contributed by atoms with van der Waals surface area (Å²) in [6.07, 6.45) is 2.68. The summed E-state index contributed by atoms with van der Waals surface area (Å²) in [6.45, 7) is 4.12. The maximum atomic E-state index is 12.3. The third-order valence-electron chi connectivity index (χ3n) is 4.42. The van der Waals surface area contributed by atoms with E-state index in [1.165, 1.54) is 10.6 Å². The highest BCUT2D eigenvalue weighted by Gasteiger charge is 2.27. The van der Waals surface area contributed by atoms with Crippen LogP contribution in [0.1, 0.15) is 19.8 Å². The first kappa shape index (κ1) is 19.7. The number of hydrogen-bond donors (Lipinski definition) is 1. The molecule has 7 nitrogen and oxygen atoms in total. The molecular weight excluding hydrogens is 342 g/mol. The number of amides is 1. The van der Waals surface area contributed by atoms with Gasteiger partial charge in [0.05, 0.1) is 25.1 Å². The van der Waals surface area contributed by atoms with Crippen molar-refractivity contribution in [2.75, 3.05) is 44.9 Å². The first-order valence-electron chi connectivity index (χ1n) is 8.48. The molecule has 25 heavy (non-hydrogen) atoms. The van der Waals surface area contributed by atoms with Gasteiger partial charge in [0.15, 0.2) is 0 Å². The molecule has 0 saturated carbocycles. The maximum Gasteiger partial charge on any atom is 0.238 e. The number of sulfonamides is 1. The van der Waals surface area contributed by atoms with Gasteiger partial charge in [0.2, 0.25) is 15.9 Å². The molecule has 0 spiro atoms. The van der Waals surface area contributed by atoms with Crippen LogP contribution in [0.5, 0.6) is 5.75 Å². The van der Waals surface area contributed by atoms with Gasteiger partial charge in [-0.15, -0.1) is 0 Å². The highest BCUT2D eigenvalue weighted by Crippen LogP contribution is 2.24. The molecule has 1 saturated heterocycles. The van der Waals surface area contributed by atoms with Gasteiger partial charge in [0.25, 0.3) is 0 Å². The van der Waals surface area contributed by atoms with E-state index in [9.17, 15) is 13.2 Å². The Hall–Kier alpha value is -1.64. The highest BCUT2D eigenvalue weighted by molar-refractivity contribution is 7.88. The summed E-state index contributed by atoms with van der Waals surface area (Å²) in [5, 5.41) is 2.89. The van der Waals surface area contributed by atoms with Gasteiger partial charge in [-0.1, -0.05) is 12.1 Å². The van der Waals surface area contributed by atoms with Crippen LogP contribution in [0.2, 0.25) is 0 Å². The van der Waals surface area contributed by atoms with E-state index in [-0.39, 0.29) is 18.5 Å². The lowest BCUT2D eigenvalue weighted by Gasteiger charge is -2.35. The van der Waals surface area contributed by atoms with Gasteiger partial charge < -0.3 is 10.1 Å². The maximum absolute atomic E-state index is 12.3. The Morgan fingerprint density at radius 2 is 1.96 bits per heavy atom. The average Bonchev–Trinajstić information content (AvgIpc) is 2.56. The fourth-order valence-electron chi connectivity index (χ4n) is 2.96. The number of rotatable bonds is 7. The van der Waals surface area contributed by atoms with E-state index in [1.54, 1.807) is 7.05 Å². The zero-order valence-electron chi connectivity index (χ0n) is 15.1. The molecule has 0 radical (unpaired) electrons. The molecule has 1 aromatic carbocycles. The number of carbonyl (C=O) groups is 1. The second-order valence-electron chi connectivity index (χ2n) is 6.26. The van der Waals surface area contributed by atoms with Crippen molar-refractivity contribution in [2.24, 2.45) is 0 Å². The Balaban J connectivity index is 1.85. The first-order valence-corrected chi connectivity index (χ1v) is 10.3. The van der Waals surface area contributed by atoms with Gasteiger partial charge in [-0.2, -0.15) is 0 Å². The molecule has 0 atom stereocenters. The molecule has 0 aromatic heterocycles. The number of hydrogen-bond acceptors (Lipinski definition) is 5. The van der Waals surface area contributed by atoms with Crippen molar-refractivity contribution in [2.45, 2.75) is 25.8 Å². The highest BCUT2D eigenvalue weighted by atomic mass is 32.2. The van der Waals surface area contributed by atoms with Crippen molar-refractivity contribution < 1.29 is 17.9 Å². The minimum Gasteiger partial charge on any atom is -0.492 e. The summed E-state index contributed by atoms with van der Waals surface area (Å²) in [7, 11) is -1.55. The van der Waals surface area contributed by atoms with Crippen LogP contribution in [0.15, 0.2) is 24.3 Å². The van der Waals surface area contributed by atoms with Crippen LogP contribution in [-0.4, -0.2) is 69.1 Å². The van der Waals surface area contributed by atoms with Crippen LogP contribution >= 0.6 is 0 Å². The largest absolute Gasteiger partial charge is 0.492 e. The smallest absolute Gasteiger partial charge is 0.238 e. The van der Waals surface area contributed by atoms with Crippen LogP contribution < -0.4 is 10.1 Å². The monoisotopic (exact) mass is 369 g/mol. The summed E-state index contributed by atoms with van der Waals surface area (Å²) in [4.78, 5) is 14.3. The first-order chi connectivity index (χ1) is 11.8. The van der Waals surface area contributed by atoms with E-state index >= 15 is 0 Å². The molecule has 1 amide bonds. The number of ether oxygens (including phenoxy) is 1. The third-order valence-corrected chi connectivity index (χ3v) is 5.77. The van der Waals surface area contributed by atoms with E-state index in [4.69, 9.17) is 4.74 Å². The van der Waals surface area contributed by atoms with Crippen LogP contribution in [0, 0.1) is 0 Å². The Morgan fingerprint density at radius 1 is 1.32 bits per heavy atom. The van der Waals surface area contributed by atoms with Crippen molar-refractivity contribution in [1.82, 2.24) is 9.21 Å². The zero-order valence-corrected chi connectivity index (χ0v) is 15.9. The normalized spacial score (nSPS) is 16.8. The zero-order chi connectivity index (χ0) is 18.4. The number of piperidine rings is 1. The van der Waals surface area contributed by atoms with E-state index in [2.05, 4.69) is 5.32 Å². The van der Waals surface area contributed by atoms with E-state index < -0.39 is 10.0 Å². The van der Waals surface area contributed by atoms with Crippen LogP contribution in [0.3, 0.4) is 0 Å². The molecule has 8 heteroatoms. The summed E-state index contributed by atoms with van der Waals surface area (Å²) in [6, 6.07) is 7.36. The number of nitrogens with one attached hydrogen (secondary N) is 1. The van der Waals surface area contributed by atoms with Crippen molar-refractivity contribution >= 4 is 21.6 Å². The van der Waals surface area contributed by atoms with E-state index in [0.717, 1.165) is 12.8 Å². The third kappa shape index (κ3) is 5.69. The van der Waals surface area contributed by atoms with Gasteiger partial charge in [-0.05, 0) is 31.9 Å². The average molecular weight is 369 g/mol. The fraction of sp³-hybridized carbons (Fsp3) is 0.588. The van der Waals surface area contributed by atoms with Gasteiger partial charge in [0, 0.05) is 26.2 Å². The topological polar surface area (TPSA) is 79.0 Å². The minimum atomic E-state index is -3.17. The quantitative estimate of drug-likeness (QED) is 0.786. The Bertz CT molecular complexity index is 685. The second-order valence-corrected chi connectivity index (χ2v) is 8.31. The lowest BCUT2D eigenvalue weighted by Crippen LogP contribution is -2.47. The molecular formula is C17H27N3O4S. The number of para-hydroxylation sites is 2. The number of benzene rings is 1. The Kier molecular flexibility index (Phi) is 6.80. The van der Waals surface area contributed by atoms with E-state index in [1.807, 2.05) is 36.1 Å². The summed E-state index contributed by atoms with van der Waals surface area (Å²) >= 11 is 0. The predicted molar refractivity (Wildman–Crippen MR) is 98.3 cm³/mol. The predicted octanol–water partition coefficient (Wildman–Crippen LogP) is 1.38. The minimum absolute atomic E-state index is 0.00740. The lowest BCUT2D eigenvalue weighted by atomic mass is 10.1. The molecule has 1 aromatic rings. The second kappa shape index (κ2) is 8.64. The molecule has 0 unspecified atom stereocenters. The molecule has 1 fully saturated rings. The standard InChI is InChI=1S/C17H27N3O4S/c1-4-24-16-8-6-5-7-15(16)18-17(21)13-20-11-9-14(10-12-20)19(2)25(3,22)23/h5-8,14H,4,9-13H2,1-3H3,(H,18,21). The Morgan fingerprint density at radius 3 is 2.56 bits per heavy atom. The molecule has 1 N–H and O–H groups in total. The van der Waals surface area contributed by atoms with Gasteiger partial charge in [-0.25, -0.2) is 12.7 Å².